The first-order valence-electron chi connectivity index (χ1n) is 7.54. The highest BCUT2D eigenvalue weighted by Gasteiger charge is 2.14. The summed E-state index contributed by atoms with van der Waals surface area (Å²) in [5.74, 6) is 0. The topological polar surface area (TPSA) is 3.24 Å². The molecule has 0 aliphatic rings. The van der Waals surface area contributed by atoms with E-state index in [1.165, 1.54) is 37.8 Å². The van der Waals surface area contributed by atoms with Crippen LogP contribution >= 0.6 is 0 Å². The summed E-state index contributed by atoms with van der Waals surface area (Å²) in [6, 6.07) is 11.5. The molecule has 0 aromatic heterocycles. The van der Waals surface area contributed by atoms with Gasteiger partial charge in [-0.25, -0.2) is 0 Å². The Kier molecular flexibility index (Phi) is 10.8. The van der Waals surface area contributed by atoms with Gasteiger partial charge >= 0.3 is 0 Å². The minimum absolute atomic E-state index is 0.598. The van der Waals surface area contributed by atoms with Crippen LogP contribution in [0.2, 0.25) is 0 Å². The van der Waals surface area contributed by atoms with E-state index in [1.807, 2.05) is 13.8 Å². The third-order valence-electron chi connectivity index (χ3n) is 3.12. The SMILES string of the molecule is CC.CCCCC(c1ccccc1)N(C)CCC. The molecule has 1 unspecified atom stereocenters. The van der Waals surface area contributed by atoms with Crippen LogP contribution in [-0.2, 0) is 0 Å². The molecule has 0 heterocycles. The summed E-state index contributed by atoms with van der Waals surface area (Å²) < 4.78 is 0. The average Bonchev–Trinajstić information content (AvgIpc) is 2.43. The highest BCUT2D eigenvalue weighted by molar-refractivity contribution is 5.18. The lowest BCUT2D eigenvalue weighted by Gasteiger charge is -2.28. The van der Waals surface area contributed by atoms with Gasteiger partial charge in [0.05, 0.1) is 0 Å². The molecular weight excluding hydrogens is 218 g/mol. The van der Waals surface area contributed by atoms with Crippen molar-refractivity contribution in [1.29, 1.82) is 0 Å². The molecular formula is C17H31N. The van der Waals surface area contributed by atoms with Crippen LogP contribution in [-0.4, -0.2) is 18.5 Å². The number of hydrogen-bond acceptors (Lipinski definition) is 1. The highest BCUT2D eigenvalue weighted by atomic mass is 15.1. The summed E-state index contributed by atoms with van der Waals surface area (Å²) in [4.78, 5) is 2.49. The van der Waals surface area contributed by atoms with E-state index < -0.39 is 0 Å². The molecule has 0 N–H and O–H groups in total. The Morgan fingerprint density at radius 1 is 1.00 bits per heavy atom. The van der Waals surface area contributed by atoms with E-state index in [0.29, 0.717) is 6.04 Å². The first-order valence-corrected chi connectivity index (χ1v) is 7.54. The Hall–Kier alpha value is -0.820. The predicted molar refractivity (Wildman–Crippen MR) is 83.0 cm³/mol. The summed E-state index contributed by atoms with van der Waals surface area (Å²) in [7, 11) is 2.25. The van der Waals surface area contributed by atoms with Crippen molar-refractivity contribution in [3.8, 4) is 0 Å². The number of benzene rings is 1. The van der Waals surface area contributed by atoms with Crippen molar-refractivity contribution >= 4 is 0 Å². The van der Waals surface area contributed by atoms with Crippen LogP contribution in [0.5, 0.6) is 0 Å². The van der Waals surface area contributed by atoms with Crippen LogP contribution in [0.25, 0.3) is 0 Å². The molecule has 104 valence electrons. The standard InChI is InChI=1S/C15H25N.C2H6/c1-4-6-12-15(16(3)13-5-2)14-10-8-7-9-11-14;1-2/h7-11,15H,4-6,12-13H2,1-3H3;1-2H3. The second-order valence-electron chi connectivity index (χ2n) is 4.55. The van der Waals surface area contributed by atoms with Crippen molar-refractivity contribution in [2.24, 2.45) is 0 Å². The van der Waals surface area contributed by atoms with Crippen LogP contribution in [0.15, 0.2) is 30.3 Å². The summed E-state index contributed by atoms with van der Waals surface area (Å²) in [5, 5.41) is 0. The first-order chi connectivity index (χ1) is 8.79. The number of nitrogens with zero attached hydrogens (tertiary/aromatic N) is 1. The molecule has 1 heteroatoms. The third-order valence-corrected chi connectivity index (χ3v) is 3.12. The molecule has 0 fully saturated rings. The number of rotatable bonds is 7. The molecule has 0 saturated heterocycles. The fourth-order valence-electron chi connectivity index (χ4n) is 2.22. The van der Waals surface area contributed by atoms with E-state index in [1.54, 1.807) is 0 Å². The van der Waals surface area contributed by atoms with E-state index in [0.717, 1.165) is 0 Å². The molecule has 0 saturated carbocycles. The lowest BCUT2D eigenvalue weighted by molar-refractivity contribution is 0.229. The van der Waals surface area contributed by atoms with Gasteiger partial charge in [0.25, 0.3) is 0 Å². The van der Waals surface area contributed by atoms with Crippen LogP contribution in [0.3, 0.4) is 0 Å². The molecule has 1 nitrogen and oxygen atoms in total. The van der Waals surface area contributed by atoms with Gasteiger partial charge in [0.1, 0.15) is 0 Å². The Balaban J connectivity index is 0.00000137. The minimum atomic E-state index is 0.598. The van der Waals surface area contributed by atoms with Crippen LogP contribution in [0.1, 0.15) is 65.0 Å². The van der Waals surface area contributed by atoms with Crippen molar-refractivity contribution in [2.75, 3.05) is 13.6 Å². The molecule has 0 radical (unpaired) electrons. The Morgan fingerprint density at radius 2 is 1.61 bits per heavy atom. The minimum Gasteiger partial charge on any atom is -0.299 e. The van der Waals surface area contributed by atoms with Crippen LogP contribution in [0.4, 0.5) is 0 Å². The molecule has 18 heavy (non-hydrogen) atoms. The summed E-state index contributed by atoms with van der Waals surface area (Å²) >= 11 is 0. The van der Waals surface area contributed by atoms with Crippen molar-refractivity contribution < 1.29 is 0 Å². The van der Waals surface area contributed by atoms with Crippen molar-refractivity contribution in [2.45, 2.75) is 59.4 Å². The maximum atomic E-state index is 2.49. The first kappa shape index (κ1) is 17.2. The van der Waals surface area contributed by atoms with Gasteiger partial charge in [0.15, 0.2) is 0 Å². The lowest BCUT2D eigenvalue weighted by atomic mass is 10.00. The smallest absolute Gasteiger partial charge is 0.0345 e. The fraction of sp³-hybridized carbons (Fsp3) is 0.647. The van der Waals surface area contributed by atoms with Crippen molar-refractivity contribution in [3.05, 3.63) is 35.9 Å². The largest absolute Gasteiger partial charge is 0.299 e. The molecule has 1 atom stereocenters. The van der Waals surface area contributed by atoms with Gasteiger partial charge in [0, 0.05) is 6.04 Å². The predicted octanol–water partition coefficient (Wildman–Crippen LogP) is 5.29. The van der Waals surface area contributed by atoms with E-state index in [2.05, 4.69) is 56.1 Å². The monoisotopic (exact) mass is 249 g/mol. The molecule has 0 aliphatic carbocycles. The van der Waals surface area contributed by atoms with Gasteiger partial charge in [0.2, 0.25) is 0 Å². The molecule has 1 aromatic rings. The Morgan fingerprint density at radius 3 is 2.11 bits per heavy atom. The summed E-state index contributed by atoms with van der Waals surface area (Å²) in [6.45, 7) is 9.70. The van der Waals surface area contributed by atoms with Gasteiger partial charge in [-0.15, -0.1) is 0 Å². The molecule has 0 amide bonds. The summed E-state index contributed by atoms with van der Waals surface area (Å²) in [5.41, 5.74) is 1.46. The normalized spacial score (nSPS) is 11.9. The second kappa shape index (κ2) is 11.3. The quantitative estimate of drug-likeness (QED) is 0.635. The fourth-order valence-corrected chi connectivity index (χ4v) is 2.22. The molecule has 0 aliphatic heterocycles. The van der Waals surface area contributed by atoms with Gasteiger partial charge in [-0.2, -0.15) is 0 Å². The highest BCUT2D eigenvalue weighted by Crippen LogP contribution is 2.25. The van der Waals surface area contributed by atoms with Gasteiger partial charge in [-0.1, -0.05) is 70.9 Å². The summed E-state index contributed by atoms with van der Waals surface area (Å²) in [6.07, 6.45) is 5.10. The Labute approximate surface area is 114 Å². The second-order valence-corrected chi connectivity index (χ2v) is 4.55. The van der Waals surface area contributed by atoms with Crippen molar-refractivity contribution in [1.82, 2.24) is 4.90 Å². The van der Waals surface area contributed by atoms with Gasteiger partial charge in [-0.3, -0.25) is 4.90 Å². The Bertz CT molecular complexity index is 268. The molecule has 0 spiro atoms. The molecule has 0 bridgehead atoms. The lowest BCUT2D eigenvalue weighted by Crippen LogP contribution is -2.25. The van der Waals surface area contributed by atoms with Gasteiger partial charge in [-0.05, 0) is 32.0 Å². The zero-order valence-electron chi connectivity index (χ0n) is 12.9. The number of hydrogen-bond donors (Lipinski definition) is 0. The van der Waals surface area contributed by atoms with E-state index in [9.17, 15) is 0 Å². The van der Waals surface area contributed by atoms with E-state index in [-0.39, 0.29) is 0 Å². The average molecular weight is 249 g/mol. The zero-order chi connectivity index (χ0) is 13.8. The molecule has 1 rings (SSSR count). The third kappa shape index (κ3) is 6.20. The van der Waals surface area contributed by atoms with Gasteiger partial charge < -0.3 is 0 Å². The maximum absolute atomic E-state index is 2.49. The number of unbranched alkanes of at least 4 members (excludes halogenated alkanes) is 1. The van der Waals surface area contributed by atoms with E-state index in [4.69, 9.17) is 0 Å². The van der Waals surface area contributed by atoms with Crippen LogP contribution < -0.4 is 0 Å². The molecule has 1 aromatic carbocycles. The van der Waals surface area contributed by atoms with Crippen LogP contribution in [0, 0.1) is 0 Å². The maximum Gasteiger partial charge on any atom is 0.0345 e. The zero-order valence-corrected chi connectivity index (χ0v) is 12.9. The van der Waals surface area contributed by atoms with Crippen molar-refractivity contribution in [3.63, 3.8) is 0 Å². The van der Waals surface area contributed by atoms with E-state index >= 15 is 0 Å².